The molecule has 1 N–H and O–H groups in total. The van der Waals surface area contributed by atoms with Crippen molar-refractivity contribution in [2.75, 3.05) is 26.4 Å². The lowest BCUT2D eigenvalue weighted by Gasteiger charge is -2.23. The van der Waals surface area contributed by atoms with Crippen molar-refractivity contribution in [1.82, 2.24) is 15.1 Å². The van der Waals surface area contributed by atoms with Crippen LogP contribution in [0, 0.1) is 12.7 Å². The number of hydrogen-bond acceptors (Lipinski definition) is 4. The van der Waals surface area contributed by atoms with Crippen molar-refractivity contribution in [3.63, 3.8) is 0 Å². The zero-order valence-electron chi connectivity index (χ0n) is 15.9. The van der Waals surface area contributed by atoms with Crippen molar-refractivity contribution in [1.29, 1.82) is 0 Å². The van der Waals surface area contributed by atoms with Crippen LogP contribution in [-0.4, -0.2) is 42.2 Å². The number of nitrogens with zero attached hydrogens (tertiary/aromatic N) is 2. The largest absolute Gasteiger partial charge is 0.376 e. The molecule has 3 aromatic rings. The average molecular weight is 381 g/mol. The first kappa shape index (κ1) is 18.8. The second-order valence-corrected chi connectivity index (χ2v) is 6.99. The summed E-state index contributed by atoms with van der Waals surface area (Å²) >= 11 is 0. The summed E-state index contributed by atoms with van der Waals surface area (Å²) in [4.78, 5) is 0. The van der Waals surface area contributed by atoms with Gasteiger partial charge >= 0.3 is 0 Å². The normalized spacial score (nSPS) is 17.0. The molecule has 1 fully saturated rings. The van der Waals surface area contributed by atoms with Crippen LogP contribution in [0.1, 0.15) is 11.1 Å². The average Bonchev–Trinajstić information content (AvgIpc) is 3.14. The molecule has 6 heteroatoms. The predicted molar refractivity (Wildman–Crippen MR) is 106 cm³/mol. The standard InChI is InChI=1S/C22H24FN3O2/c1-16-2-8-20(9-3-16)26-14-18(12-24-13-21-15-27-10-11-28-21)22(25-26)17-4-6-19(23)7-5-17/h2-9,14,21,24H,10-13,15H2,1H3. The van der Waals surface area contributed by atoms with E-state index in [9.17, 15) is 4.39 Å². The molecule has 0 aliphatic carbocycles. The molecule has 28 heavy (non-hydrogen) atoms. The van der Waals surface area contributed by atoms with E-state index >= 15 is 0 Å². The lowest BCUT2D eigenvalue weighted by molar-refractivity contribution is -0.0864. The van der Waals surface area contributed by atoms with Gasteiger partial charge in [0.2, 0.25) is 0 Å². The first-order valence-corrected chi connectivity index (χ1v) is 9.50. The first-order chi connectivity index (χ1) is 13.7. The summed E-state index contributed by atoms with van der Waals surface area (Å²) in [7, 11) is 0. The smallest absolute Gasteiger partial charge is 0.123 e. The summed E-state index contributed by atoms with van der Waals surface area (Å²) in [5.41, 5.74) is 4.97. The third-order valence-corrected chi connectivity index (χ3v) is 4.78. The molecule has 5 nitrogen and oxygen atoms in total. The Morgan fingerprint density at radius 2 is 1.89 bits per heavy atom. The minimum Gasteiger partial charge on any atom is -0.376 e. The Balaban J connectivity index is 1.56. The minimum absolute atomic E-state index is 0.0650. The molecule has 146 valence electrons. The van der Waals surface area contributed by atoms with Crippen LogP contribution in [-0.2, 0) is 16.0 Å². The highest BCUT2D eigenvalue weighted by Gasteiger charge is 2.16. The van der Waals surface area contributed by atoms with Gasteiger partial charge in [0.05, 0.1) is 37.3 Å². The second-order valence-electron chi connectivity index (χ2n) is 6.99. The maximum absolute atomic E-state index is 13.4. The third kappa shape index (κ3) is 4.47. The van der Waals surface area contributed by atoms with Gasteiger partial charge in [-0.1, -0.05) is 17.7 Å². The maximum atomic E-state index is 13.4. The number of hydrogen-bond donors (Lipinski definition) is 1. The number of halogens is 1. The molecule has 1 aromatic heterocycles. The predicted octanol–water partition coefficient (Wildman–Crippen LogP) is 3.49. The van der Waals surface area contributed by atoms with Crippen molar-refractivity contribution in [2.24, 2.45) is 0 Å². The molecule has 0 amide bonds. The van der Waals surface area contributed by atoms with Gasteiger partial charge < -0.3 is 14.8 Å². The van der Waals surface area contributed by atoms with Gasteiger partial charge in [0.1, 0.15) is 5.82 Å². The molecule has 2 heterocycles. The molecule has 0 radical (unpaired) electrons. The van der Waals surface area contributed by atoms with E-state index in [1.165, 1.54) is 17.7 Å². The number of aromatic nitrogens is 2. The van der Waals surface area contributed by atoms with Crippen LogP contribution in [0.15, 0.2) is 54.7 Å². The van der Waals surface area contributed by atoms with E-state index < -0.39 is 0 Å². The number of rotatable bonds is 6. The molecular weight excluding hydrogens is 357 g/mol. The molecule has 1 atom stereocenters. The molecular formula is C22H24FN3O2. The minimum atomic E-state index is -0.254. The van der Waals surface area contributed by atoms with Crippen molar-refractivity contribution in [2.45, 2.75) is 19.6 Å². The molecule has 1 unspecified atom stereocenters. The SMILES string of the molecule is Cc1ccc(-n2cc(CNCC3COCCO3)c(-c3ccc(F)cc3)n2)cc1. The van der Waals surface area contributed by atoms with Crippen LogP contribution < -0.4 is 5.32 Å². The van der Waals surface area contributed by atoms with Crippen LogP contribution in [0.5, 0.6) is 0 Å². The van der Waals surface area contributed by atoms with Gasteiger partial charge in [-0.2, -0.15) is 5.10 Å². The molecule has 1 aliphatic rings. The van der Waals surface area contributed by atoms with E-state index in [4.69, 9.17) is 14.6 Å². The summed E-state index contributed by atoms with van der Waals surface area (Å²) in [6.07, 6.45) is 2.09. The third-order valence-electron chi connectivity index (χ3n) is 4.78. The number of nitrogens with one attached hydrogen (secondary N) is 1. The summed E-state index contributed by atoms with van der Waals surface area (Å²) in [6.45, 7) is 5.31. The maximum Gasteiger partial charge on any atom is 0.123 e. The van der Waals surface area contributed by atoms with Gasteiger partial charge in [0.15, 0.2) is 0 Å². The lowest BCUT2D eigenvalue weighted by Crippen LogP contribution is -2.37. The Kier molecular flexibility index (Phi) is 5.81. The molecule has 0 spiro atoms. The number of ether oxygens (including phenoxy) is 2. The van der Waals surface area contributed by atoms with Gasteiger partial charge in [-0.3, -0.25) is 0 Å². The molecule has 1 saturated heterocycles. The van der Waals surface area contributed by atoms with Gasteiger partial charge in [-0.15, -0.1) is 0 Å². The highest BCUT2D eigenvalue weighted by atomic mass is 19.1. The summed E-state index contributed by atoms with van der Waals surface area (Å²) in [6, 6.07) is 14.7. The molecule has 0 saturated carbocycles. The summed E-state index contributed by atoms with van der Waals surface area (Å²) in [5.74, 6) is -0.254. The highest BCUT2D eigenvalue weighted by Crippen LogP contribution is 2.24. The highest BCUT2D eigenvalue weighted by molar-refractivity contribution is 5.63. The van der Waals surface area contributed by atoms with Crippen molar-refractivity contribution in [3.8, 4) is 16.9 Å². The second kappa shape index (κ2) is 8.65. The molecule has 1 aliphatic heterocycles. The van der Waals surface area contributed by atoms with Crippen LogP contribution >= 0.6 is 0 Å². The quantitative estimate of drug-likeness (QED) is 0.710. The van der Waals surface area contributed by atoms with E-state index in [-0.39, 0.29) is 11.9 Å². The first-order valence-electron chi connectivity index (χ1n) is 9.50. The van der Waals surface area contributed by atoms with E-state index in [0.29, 0.717) is 32.9 Å². The van der Waals surface area contributed by atoms with Crippen LogP contribution in [0.3, 0.4) is 0 Å². The van der Waals surface area contributed by atoms with Crippen LogP contribution in [0.2, 0.25) is 0 Å². The van der Waals surface area contributed by atoms with E-state index in [1.54, 1.807) is 12.1 Å². The fourth-order valence-corrected chi connectivity index (χ4v) is 3.24. The van der Waals surface area contributed by atoms with E-state index in [0.717, 1.165) is 22.5 Å². The Morgan fingerprint density at radius 3 is 2.61 bits per heavy atom. The van der Waals surface area contributed by atoms with E-state index in [2.05, 4.69) is 24.4 Å². The van der Waals surface area contributed by atoms with Crippen molar-refractivity contribution in [3.05, 3.63) is 71.7 Å². The lowest BCUT2D eigenvalue weighted by atomic mass is 10.1. The molecule has 0 bridgehead atoms. The van der Waals surface area contributed by atoms with Crippen molar-refractivity contribution < 1.29 is 13.9 Å². The molecule has 2 aromatic carbocycles. The van der Waals surface area contributed by atoms with Crippen LogP contribution in [0.25, 0.3) is 16.9 Å². The van der Waals surface area contributed by atoms with Gasteiger partial charge in [0, 0.05) is 30.4 Å². The fraction of sp³-hybridized carbons (Fsp3) is 0.318. The van der Waals surface area contributed by atoms with Crippen LogP contribution in [0.4, 0.5) is 4.39 Å². The fourth-order valence-electron chi connectivity index (χ4n) is 3.24. The van der Waals surface area contributed by atoms with Gasteiger partial charge in [-0.05, 0) is 43.3 Å². The number of benzene rings is 2. The zero-order valence-corrected chi connectivity index (χ0v) is 15.9. The Labute approximate surface area is 164 Å². The topological polar surface area (TPSA) is 48.3 Å². The molecule has 4 rings (SSSR count). The number of aryl methyl sites for hydroxylation is 1. The summed E-state index contributed by atoms with van der Waals surface area (Å²) < 4.78 is 26.3. The summed E-state index contributed by atoms with van der Waals surface area (Å²) in [5, 5.41) is 8.21. The zero-order chi connectivity index (χ0) is 19.3. The van der Waals surface area contributed by atoms with Gasteiger partial charge in [-0.25, -0.2) is 9.07 Å². The van der Waals surface area contributed by atoms with Crippen molar-refractivity contribution >= 4 is 0 Å². The van der Waals surface area contributed by atoms with Gasteiger partial charge in [0.25, 0.3) is 0 Å². The monoisotopic (exact) mass is 381 g/mol. The Morgan fingerprint density at radius 1 is 1.11 bits per heavy atom. The van der Waals surface area contributed by atoms with E-state index in [1.807, 2.05) is 23.0 Å². The Hall–Kier alpha value is -2.54. The Bertz CT molecular complexity index is 901.